The number of nitrogens with one attached hydrogen (secondary N) is 2. The van der Waals surface area contributed by atoms with Gasteiger partial charge in [-0.15, -0.1) is 0 Å². The largest absolute Gasteiger partial charge is 0.396 e. The van der Waals surface area contributed by atoms with Crippen molar-refractivity contribution in [1.82, 2.24) is 10.3 Å². The molecule has 0 bridgehead atoms. The van der Waals surface area contributed by atoms with Crippen LogP contribution >= 0.6 is 11.6 Å². The normalized spacial score (nSPS) is 11.5. The second-order valence-corrected chi connectivity index (χ2v) is 4.99. The van der Waals surface area contributed by atoms with E-state index in [1.807, 2.05) is 13.8 Å². The molecule has 0 saturated heterocycles. The van der Waals surface area contributed by atoms with Gasteiger partial charge in [-0.25, -0.2) is 0 Å². The van der Waals surface area contributed by atoms with Gasteiger partial charge in [0.05, 0.1) is 5.02 Å². The van der Waals surface area contributed by atoms with E-state index in [9.17, 15) is 4.79 Å². The molecule has 0 aliphatic heterocycles. The van der Waals surface area contributed by atoms with Gasteiger partial charge in [-0.1, -0.05) is 25.4 Å². The van der Waals surface area contributed by atoms with Gasteiger partial charge in [0.2, 0.25) is 0 Å². The van der Waals surface area contributed by atoms with E-state index >= 15 is 0 Å². The maximum atomic E-state index is 11.6. The van der Waals surface area contributed by atoms with Crippen molar-refractivity contribution in [2.24, 2.45) is 5.41 Å². The summed E-state index contributed by atoms with van der Waals surface area (Å²) in [5, 5.41) is 12.2. The van der Waals surface area contributed by atoms with Gasteiger partial charge < -0.3 is 15.4 Å². The van der Waals surface area contributed by atoms with Crippen molar-refractivity contribution in [3.05, 3.63) is 23.0 Å². The minimum absolute atomic E-state index is 0.110. The number of aromatic amines is 1. The maximum Gasteiger partial charge on any atom is 0.267 e. The molecular weight excluding hydrogens is 228 g/mol. The van der Waals surface area contributed by atoms with Gasteiger partial charge in [-0.05, 0) is 17.9 Å². The fourth-order valence-corrected chi connectivity index (χ4v) is 1.47. The van der Waals surface area contributed by atoms with Gasteiger partial charge in [0.15, 0.2) is 0 Å². The van der Waals surface area contributed by atoms with E-state index in [2.05, 4.69) is 10.3 Å². The summed E-state index contributed by atoms with van der Waals surface area (Å²) in [5.41, 5.74) is 0.339. The van der Waals surface area contributed by atoms with Crippen molar-refractivity contribution in [2.45, 2.75) is 20.3 Å². The Kier molecular flexibility index (Phi) is 4.38. The highest BCUT2D eigenvalue weighted by Gasteiger charge is 2.18. The number of carbonyl (C=O) groups is 1. The van der Waals surface area contributed by atoms with Crippen LogP contribution in [-0.4, -0.2) is 29.1 Å². The zero-order valence-electron chi connectivity index (χ0n) is 9.51. The molecule has 0 aromatic carbocycles. The van der Waals surface area contributed by atoms with E-state index in [0.717, 1.165) is 0 Å². The molecular formula is C11H17ClN2O2. The first-order valence-corrected chi connectivity index (χ1v) is 5.55. The van der Waals surface area contributed by atoms with Gasteiger partial charge >= 0.3 is 0 Å². The lowest BCUT2D eigenvalue weighted by Crippen LogP contribution is -2.34. The number of amides is 1. The van der Waals surface area contributed by atoms with E-state index < -0.39 is 0 Å². The molecule has 1 heterocycles. The van der Waals surface area contributed by atoms with Crippen LogP contribution < -0.4 is 5.32 Å². The summed E-state index contributed by atoms with van der Waals surface area (Å²) in [6, 6.07) is 1.58. The Bertz CT molecular complexity index is 361. The number of aliphatic hydroxyl groups excluding tert-OH is 1. The minimum Gasteiger partial charge on any atom is -0.396 e. The molecule has 0 spiro atoms. The second kappa shape index (κ2) is 5.37. The number of carbonyl (C=O) groups excluding carboxylic acids is 1. The van der Waals surface area contributed by atoms with Crippen LogP contribution in [0.4, 0.5) is 0 Å². The van der Waals surface area contributed by atoms with Crippen LogP contribution in [0, 0.1) is 5.41 Å². The quantitative estimate of drug-likeness (QED) is 0.740. The van der Waals surface area contributed by atoms with Crippen LogP contribution in [-0.2, 0) is 0 Å². The van der Waals surface area contributed by atoms with Crippen LogP contribution in [0.3, 0.4) is 0 Å². The summed E-state index contributed by atoms with van der Waals surface area (Å²) < 4.78 is 0. The average Bonchev–Trinajstić information content (AvgIpc) is 2.61. The third-order valence-corrected chi connectivity index (χ3v) is 2.63. The van der Waals surface area contributed by atoms with E-state index in [-0.39, 0.29) is 17.9 Å². The molecule has 0 unspecified atom stereocenters. The third kappa shape index (κ3) is 3.87. The number of aromatic nitrogens is 1. The smallest absolute Gasteiger partial charge is 0.267 e. The van der Waals surface area contributed by atoms with Crippen molar-refractivity contribution in [3.8, 4) is 0 Å². The molecule has 3 N–H and O–H groups in total. The first kappa shape index (κ1) is 13.1. The Labute approximate surface area is 100 Å². The van der Waals surface area contributed by atoms with Crippen molar-refractivity contribution in [1.29, 1.82) is 0 Å². The van der Waals surface area contributed by atoms with E-state index in [1.54, 1.807) is 12.3 Å². The topological polar surface area (TPSA) is 65.1 Å². The van der Waals surface area contributed by atoms with Crippen LogP contribution in [0.5, 0.6) is 0 Å². The summed E-state index contributed by atoms with van der Waals surface area (Å²) in [7, 11) is 0. The molecule has 1 amide bonds. The van der Waals surface area contributed by atoms with Crippen LogP contribution in [0.1, 0.15) is 30.8 Å². The lowest BCUT2D eigenvalue weighted by molar-refractivity contribution is 0.0924. The Morgan fingerprint density at radius 2 is 2.31 bits per heavy atom. The monoisotopic (exact) mass is 244 g/mol. The molecule has 1 aromatic rings. The van der Waals surface area contributed by atoms with E-state index in [1.165, 1.54) is 0 Å². The number of H-pyrrole nitrogens is 1. The van der Waals surface area contributed by atoms with E-state index in [0.29, 0.717) is 23.7 Å². The highest BCUT2D eigenvalue weighted by Crippen LogP contribution is 2.18. The molecule has 0 atom stereocenters. The first-order valence-electron chi connectivity index (χ1n) is 5.17. The van der Waals surface area contributed by atoms with Crippen molar-refractivity contribution >= 4 is 17.5 Å². The first-order chi connectivity index (χ1) is 7.44. The molecule has 4 nitrogen and oxygen atoms in total. The average molecular weight is 245 g/mol. The fraction of sp³-hybridized carbons (Fsp3) is 0.545. The lowest BCUT2D eigenvalue weighted by Gasteiger charge is -2.23. The van der Waals surface area contributed by atoms with Gasteiger partial charge in [0.1, 0.15) is 5.69 Å². The van der Waals surface area contributed by atoms with Gasteiger partial charge in [0.25, 0.3) is 5.91 Å². The van der Waals surface area contributed by atoms with Crippen LogP contribution in [0.15, 0.2) is 12.3 Å². The van der Waals surface area contributed by atoms with Crippen molar-refractivity contribution < 1.29 is 9.90 Å². The lowest BCUT2D eigenvalue weighted by atomic mass is 9.90. The number of rotatable bonds is 5. The number of aliphatic hydroxyl groups is 1. The molecule has 5 heteroatoms. The third-order valence-electron chi connectivity index (χ3n) is 2.41. The molecule has 16 heavy (non-hydrogen) atoms. The van der Waals surface area contributed by atoms with Gasteiger partial charge in [-0.3, -0.25) is 4.79 Å². The molecule has 1 aromatic heterocycles. The molecule has 0 aliphatic rings. The summed E-state index contributed by atoms with van der Waals surface area (Å²) in [6.07, 6.45) is 2.22. The Morgan fingerprint density at radius 3 is 2.81 bits per heavy atom. The zero-order valence-corrected chi connectivity index (χ0v) is 10.3. The standard InChI is InChI=1S/C11H17ClN2O2/c1-11(2,3-4-15)7-14-10(16)9-5-8(12)6-13-9/h5-6,13,15H,3-4,7H2,1-2H3,(H,14,16). The van der Waals surface area contributed by atoms with Crippen molar-refractivity contribution in [3.63, 3.8) is 0 Å². The predicted molar refractivity (Wildman–Crippen MR) is 63.6 cm³/mol. The highest BCUT2D eigenvalue weighted by molar-refractivity contribution is 6.30. The Balaban J connectivity index is 2.47. The number of hydrogen-bond donors (Lipinski definition) is 3. The maximum absolute atomic E-state index is 11.6. The second-order valence-electron chi connectivity index (χ2n) is 4.55. The molecule has 0 radical (unpaired) electrons. The van der Waals surface area contributed by atoms with Gasteiger partial charge in [0, 0.05) is 19.3 Å². The molecule has 0 aliphatic carbocycles. The Morgan fingerprint density at radius 1 is 1.62 bits per heavy atom. The SMILES string of the molecule is CC(C)(CCO)CNC(=O)c1cc(Cl)c[nH]1. The molecule has 1 rings (SSSR count). The fourth-order valence-electron chi connectivity index (χ4n) is 1.30. The van der Waals surface area contributed by atoms with Crippen LogP contribution in [0.25, 0.3) is 0 Å². The summed E-state index contributed by atoms with van der Waals surface area (Å²) in [5.74, 6) is -0.182. The molecule has 0 saturated carbocycles. The summed E-state index contributed by atoms with van der Waals surface area (Å²) in [4.78, 5) is 14.4. The Hall–Kier alpha value is -1.00. The molecule has 90 valence electrons. The molecule has 0 fully saturated rings. The van der Waals surface area contributed by atoms with Gasteiger partial charge in [-0.2, -0.15) is 0 Å². The predicted octanol–water partition coefficient (Wildman–Crippen LogP) is 1.81. The zero-order chi connectivity index (χ0) is 12.2. The summed E-state index contributed by atoms with van der Waals surface area (Å²) in [6.45, 7) is 4.62. The van der Waals surface area contributed by atoms with Crippen LogP contribution in [0.2, 0.25) is 5.02 Å². The number of hydrogen-bond acceptors (Lipinski definition) is 2. The number of halogens is 1. The summed E-state index contributed by atoms with van der Waals surface area (Å²) >= 11 is 5.70. The highest BCUT2D eigenvalue weighted by atomic mass is 35.5. The van der Waals surface area contributed by atoms with E-state index in [4.69, 9.17) is 16.7 Å². The minimum atomic E-state index is -0.182. The van der Waals surface area contributed by atoms with Crippen molar-refractivity contribution in [2.75, 3.05) is 13.2 Å².